The Labute approximate surface area is 115 Å². The minimum atomic E-state index is -0.417. The van der Waals surface area contributed by atoms with Gasteiger partial charge >= 0.3 is 0 Å². The summed E-state index contributed by atoms with van der Waals surface area (Å²) in [7, 11) is 0. The molecule has 0 saturated carbocycles. The molecule has 1 aromatic carbocycles. The third kappa shape index (κ3) is 3.35. The van der Waals surface area contributed by atoms with E-state index in [4.69, 9.17) is 11.6 Å². The van der Waals surface area contributed by atoms with Gasteiger partial charge in [0, 0.05) is 23.0 Å². The van der Waals surface area contributed by atoms with Crippen molar-refractivity contribution in [2.45, 2.75) is 6.92 Å². The summed E-state index contributed by atoms with van der Waals surface area (Å²) < 4.78 is 0. The molecule has 2 aromatic rings. The number of amides is 1. The lowest BCUT2D eigenvalue weighted by Crippen LogP contribution is -2.20. The van der Waals surface area contributed by atoms with Crippen molar-refractivity contribution in [1.29, 1.82) is 0 Å². The summed E-state index contributed by atoms with van der Waals surface area (Å²) in [5.41, 5.74) is 4.00. The van der Waals surface area contributed by atoms with Crippen LogP contribution in [0.5, 0.6) is 0 Å². The number of carbonyl (C=O) groups excluding carboxylic acids is 1. The van der Waals surface area contributed by atoms with Crippen molar-refractivity contribution in [2.75, 3.05) is 0 Å². The van der Waals surface area contributed by atoms with Gasteiger partial charge in [-0.3, -0.25) is 9.78 Å². The van der Waals surface area contributed by atoms with Gasteiger partial charge in [-0.1, -0.05) is 29.8 Å². The second kappa shape index (κ2) is 6.06. The maximum Gasteiger partial charge on any atom is 0.291 e. The Morgan fingerprint density at radius 3 is 2.79 bits per heavy atom. The van der Waals surface area contributed by atoms with Crippen LogP contribution >= 0.6 is 11.6 Å². The summed E-state index contributed by atoms with van der Waals surface area (Å²) in [6, 6.07) is 7.28. The molecule has 19 heavy (non-hydrogen) atoms. The maximum absolute atomic E-state index is 11.7. The fourth-order valence-corrected chi connectivity index (χ4v) is 1.70. The zero-order valence-electron chi connectivity index (χ0n) is 10.2. The van der Waals surface area contributed by atoms with Crippen LogP contribution in [0.3, 0.4) is 0 Å². The van der Waals surface area contributed by atoms with Crippen LogP contribution in [0.1, 0.15) is 23.0 Å². The number of halogens is 1. The summed E-state index contributed by atoms with van der Waals surface area (Å²) in [5.74, 6) is -0.417. The second-order valence-corrected chi connectivity index (χ2v) is 4.12. The third-order valence-electron chi connectivity index (χ3n) is 2.38. The zero-order valence-corrected chi connectivity index (χ0v) is 10.9. The minimum absolute atomic E-state index is 0.207. The monoisotopic (exact) mass is 274 g/mol. The highest BCUT2D eigenvalue weighted by Gasteiger charge is 2.07. The highest BCUT2D eigenvalue weighted by atomic mass is 35.5. The SMILES string of the molecule is C/C(=N/NC(=O)c1cnccn1)c1ccccc1Cl. The first-order chi connectivity index (χ1) is 9.18. The predicted molar refractivity (Wildman–Crippen MR) is 73.2 cm³/mol. The van der Waals surface area contributed by atoms with E-state index in [1.807, 2.05) is 18.2 Å². The Bertz CT molecular complexity index is 613. The Morgan fingerprint density at radius 1 is 1.32 bits per heavy atom. The smallest absolute Gasteiger partial charge is 0.265 e. The predicted octanol–water partition coefficient (Wildman–Crippen LogP) is 2.28. The van der Waals surface area contributed by atoms with E-state index in [0.29, 0.717) is 10.7 Å². The normalized spacial score (nSPS) is 11.2. The van der Waals surface area contributed by atoms with Crippen LogP contribution in [0.15, 0.2) is 48.0 Å². The number of hydrazone groups is 1. The summed E-state index contributed by atoms with van der Waals surface area (Å²) in [6.07, 6.45) is 4.31. The molecule has 96 valence electrons. The van der Waals surface area contributed by atoms with Gasteiger partial charge in [0.2, 0.25) is 0 Å². The first-order valence-corrected chi connectivity index (χ1v) is 5.92. The topological polar surface area (TPSA) is 67.2 Å². The number of aromatic nitrogens is 2. The molecule has 1 N–H and O–H groups in total. The molecule has 1 aromatic heterocycles. The largest absolute Gasteiger partial charge is 0.291 e. The lowest BCUT2D eigenvalue weighted by atomic mass is 10.1. The quantitative estimate of drug-likeness (QED) is 0.690. The van der Waals surface area contributed by atoms with Gasteiger partial charge in [0.15, 0.2) is 0 Å². The first-order valence-electron chi connectivity index (χ1n) is 5.54. The number of benzene rings is 1. The molecule has 0 unspecified atom stereocenters. The van der Waals surface area contributed by atoms with E-state index in [9.17, 15) is 4.79 Å². The maximum atomic E-state index is 11.7. The molecule has 0 aliphatic rings. The van der Waals surface area contributed by atoms with Crippen molar-refractivity contribution in [1.82, 2.24) is 15.4 Å². The van der Waals surface area contributed by atoms with E-state index in [1.54, 1.807) is 13.0 Å². The zero-order chi connectivity index (χ0) is 13.7. The Kier molecular flexibility index (Phi) is 4.20. The van der Waals surface area contributed by atoms with Gasteiger partial charge in [-0.15, -0.1) is 0 Å². The van der Waals surface area contributed by atoms with Crippen LogP contribution in [-0.2, 0) is 0 Å². The van der Waals surface area contributed by atoms with Crippen LogP contribution in [0.2, 0.25) is 5.02 Å². The number of nitrogens with one attached hydrogen (secondary N) is 1. The molecule has 0 fully saturated rings. The molecule has 0 saturated heterocycles. The average molecular weight is 275 g/mol. The average Bonchev–Trinajstić information content (AvgIpc) is 2.46. The van der Waals surface area contributed by atoms with Crippen LogP contribution < -0.4 is 5.43 Å². The van der Waals surface area contributed by atoms with Gasteiger partial charge in [0.05, 0.1) is 11.9 Å². The van der Waals surface area contributed by atoms with E-state index in [0.717, 1.165) is 5.56 Å². The number of carbonyl (C=O) groups is 1. The van der Waals surface area contributed by atoms with Crippen molar-refractivity contribution in [3.05, 3.63) is 59.1 Å². The van der Waals surface area contributed by atoms with Gasteiger partial charge in [-0.05, 0) is 13.0 Å². The molecule has 2 rings (SSSR count). The Hall–Kier alpha value is -2.27. The van der Waals surface area contributed by atoms with Gasteiger partial charge in [-0.2, -0.15) is 5.10 Å². The summed E-state index contributed by atoms with van der Waals surface area (Å²) >= 11 is 6.04. The van der Waals surface area contributed by atoms with Gasteiger partial charge in [0.25, 0.3) is 5.91 Å². The molecule has 0 aliphatic heterocycles. The lowest BCUT2D eigenvalue weighted by molar-refractivity contribution is 0.0949. The van der Waals surface area contributed by atoms with Crippen molar-refractivity contribution in [3.8, 4) is 0 Å². The molecule has 0 atom stereocenters. The Morgan fingerprint density at radius 2 is 2.11 bits per heavy atom. The highest BCUT2D eigenvalue weighted by molar-refractivity contribution is 6.34. The molecule has 0 spiro atoms. The van der Waals surface area contributed by atoms with Crippen molar-refractivity contribution in [3.63, 3.8) is 0 Å². The summed E-state index contributed by atoms with van der Waals surface area (Å²) in [4.78, 5) is 19.4. The summed E-state index contributed by atoms with van der Waals surface area (Å²) in [5, 5.41) is 4.58. The van der Waals surface area contributed by atoms with Crippen LogP contribution in [0, 0.1) is 0 Å². The molecule has 0 bridgehead atoms. The molecule has 5 nitrogen and oxygen atoms in total. The number of rotatable bonds is 3. The van der Waals surface area contributed by atoms with Gasteiger partial charge in [0.1, 0.15) is 5.69 Å². The van der Waals surface area contributed by atoms with Crippen molar-refractivity contribution >= 4 is 23.2 Å². The van der Waals surface area contributed by atoms with Crippen molar-refractivity contribution in [2.24, 2.45) is 5.10 Å². The van der Waals surface area contributed by atoms with Gasteiger partial charge in [-0.25, -0.2) is 10.4 Å². The lowest BCUT2D eigenvalue weighted by Gasteiger charge is -2.04. The standard InChI is InChI=1S/C13H11ClN4O/c1-9(10-4-2-3-5-11(10)14)17-18-13(19)12-8-15-6-7-16-12/h2-8H,1H3,(H,18,19)/b17-9-. The van der Waals surface area contributed by atoms with Crippen LogP contribution in [-0.4, -0.2) is 21.6 Å². The van der Waals surface area contributed by atoms with Crippen LogP contribution in [0.25, 0.3) is 0 Å². The Balaban J connectivity index is 2.11. The first kappa shape index (κ1) is 13.2. The highest BCUT2D eigenvalue weighted by Crippen LogP contribution is 2.15. The van der Waals surface area contributed by atoms with E-state index >= 15 is 0 Å². The minimum Gasteiger partial charge on any atom is -0.265 e. The van der Waals surface area contributed by atoms with Gasteiger partial charge < -0.3 is 0 Å². The van der Waals surface area contributed by atoms with Crippen LogP contribution in [0.4, 0.5) is 0 Å². The van der Waals surface area contributed by atoms with E-state index in [2.05, 4.69) is 20.5 Å². The number of hydrogen-bond donors (Lipinski definition) is 1. The van der Waals surface area contributed by atoms with E-state index in [-0.39, 0.29) is 5.69 Å². The second-order valence-electron chi connectivity index (χ2n) is 3.71. The summed E-state index contributed by atoms with van der Waals surface area (Å²) in [6.45, 7) is 1.76. The number of hydrogen-bond acceptors (Lipinski definition) is 4. The molecule has 0 aliphatic carbocycles. The fourth-order valence-electron chi connectivity index (χ4n) is 1.42. The molecule has 1 amide bonds. The molecule has 6 heteroatoms. The molecular formula is C13H11ClN4O. The number of nitrogens with zero attached hydrogens (tertiary/aromatic N) is 3. The molecule has 1 heterocycles. The third-order valence-corrected chi connectivity index (χ3v) is 2.71. The molecular weight excluding hydrogens is 264 g/mol. The van der Waals surface area contributed by atoms with E-state index in [1.165, 1.54) is 18.6 Å². The molecule has 0 radical (unpaired) electrons. The van der Waals surface area contributed by atoms with Crippen molar-refractivity contribution < 1.29 is 4.79 Å². The fraction of sp³-hybridized carbons (Fsp3) is 0.0769. The van der Waals surface area contributed by atoms with E-state index < -0.39 is 5.91 Å².